The van der Waals surface area contributed by atoms with E-state index in [2.05, 4.69) is 10.2 Å². The summed E-state index contributed by atoms with van der Waals surface area (Å²) < 4.78 is 4.96. The molecule has 0 aromatic heterocycles. The number of esters is 1. The van der Waals surface area contributed by atoms with Crippen LogP contribution in [0.15, 0.2) is 30.3 Å². The maximum absolute atomic E-state index is 12.2. The molecule has 1 aromatic carbocycles. The van der Waals surface area contributed by atoms with Gasteiger partial charge < -0.3 is 19.9 Å². The fourth-order valence-electron chi connectivity index (χ4n) is 2.52. The Kier molecular flexibility index (Phi) is 6.01. The van der Waals surface area contributed by atoms with Gasteiger partial charge in [-0.2, -0.15) is 0 Å². The summed E-state index contributed by atoms with van der Waals surface area (Å²) in [6, 6.07) is 10.0. The Hall–Kier alpha value is -2.57. The number of anilines is 1. The molecule has 0 saturated carbocycles. The number of hydrogen-bond acceptors (Lipinski definition) is 5. The molecule has 1 saturated heterocycles. The number of nitrogens with one attached hydrogen (secondary N) is 1. The zero-order valence-electron chi connectivity index (χ0n) is 14.9. The van der Waals surface area contributed by atoms with E-state index in [0.29, 0.717) is 13.1 Å². The Morgan fingerprint density at radius 1 is 1.04 bits per heavy atom. The second kappa shape index (κ2) is 8.00. The zero-order chi connectivity index (χ0) is 18.4. The molecule has 0 atom stereocenters. The molecule has 7 nitrogen and oxygen atoms in total. The van der Waals surface area contributed by atoms with Crippen molar-refractivity contribution in [2.45, 2.75) is 26.4 Å². The maximum Gasteiger partial charge on any atom is 0.397 e. The number of carbonyl (C=O) groups excluding carboxylic acids is 3. The lowest BCUT2D eigenvalue weighted by Gasteiger charge is -2.36. The average molecular weight is 347 g/mol. The molecule has 136 valence electrons. The van der Waals surface area contributed by atoms with Crippen LogP contribution in [0.3, 0.4) is 0 Å². The molecule has 0 spiro atoms. The number of amides is 2. The zero-order valence-corrected chi connectivity index (χ0v) is 14.9. The van der Waals surface area contributed by atoms with Gasteiger partial charge in [-0.3, -0.25) is 9.59 Å². The third-order valence-corrected chi connectivity index (χ3v) is 3.74. The lowest BCUT2D eigenvalue weighted by molar-refractivity contribution is -0.163. The van der Waals surface area contributed by atoms with E-state index in [0.717, 1.165) is 18.8 Å². The van der Waals surface area contributed by atoms with E-state index >= 15 is 0 Å². The van der Waals surface area contributed by atoms with Crippen LogP contribution in [0.25, 0.3) is 0 Å². The first kappa shape index (κ1) is 18.8. The topological polar surface area (TPSA) is 78.9 Å². The average Bonchev–Trinajstić information content (AvgIpc) is 2.58. The van der Waals surface area contributed by atoms with Gasteiger partial charge in [-0.15, -0.1) is 0 Å². The highest BCUT2D eigenvalue weighted by Gasteiger charge is 2.25. The number of piperazine rings is 1. The van der Waals surface area contributed by atoms with Gasteiger partial charge in [0.2, 0.25) is 5.91 Å². The number of ether oxygens (including phenoxy) is 1. The van der Waals surface area contributed by atoms with Gasteiger partial charge in [0.25, 0.3) is 0 Å². The maximum atomic E-state index is 12.2. The van der Waals surface area contributed by atoms with Crippen LogP contribution in [0.5, 0.6) is 0 Å². The Labute approximate surface area is 147 Å². The first-order chi connectivity index (χ1) is 11.8. The smallest absolute Gasteiger partial charge is 0.397 e. The van der Waals surface area contributed by atoms with Crippen molar-refractivity contribution < 1.29 is 19.1 Å². The van der Waals surface area contributed by atoms with Crippen molar-refractivity contribution in [3.63, 3.8) is 0 Å². The van der Waals surface area contributed by atoms with Crippen LogP contribution in [-0.2, 0) is 19.1 Å². The van der Waals surface area contributed by atoms with E-state index in [-0.39, 0.29) is 12.5 Å². The van der Waals surface area contributed by atoms with Crippen molar-refractivity contribution in [3.8, 4) is 0 Å². The molecule has 1 N–H and O–H groups in total. The molecule has 1 aliphatic heterocycles. The van der Waals surface area contributed by atoms with Gasteiger partial charge in [0.05, 0.1) is 6.54 Å². The molecule has 0 aliphatic carbocycles. The van der Waals surface area contributed by atoms with Gasteiger partial charge in [-0.05, 0) is 32.9 Å². The van der Waals surface area contributed by atoms with Crippen molar-refractivity contribution in [1.82, 2.24) is 10.2 Å². The number of para-hydroxylation sites is 1. The van der Waals surface area contributed by atoms with E-state index in [9.17, 15) is 14.4 Å². The summed E-state index contributed by atoms with van der Waals surface area (Å²) in [5.41, 5.74) is 0.388. The van der Waals surface area contributed by atoms with E-state index in [1.165, 1.54) is 0 Å². The van der Waals surface area contributed by atoms with Crippen molar-refractivity contribution in [2.75, 3.05) is 37.6 Å². The van der Waals surface area contributed by atoms with Crippen LogP contribution in [0.4, 0.5) is 5.69 Å². The molecule has 0 bridgehead atoms. The van der Waals surface area contributed by atoms with Gasteiger partial charge in [-0.1, -0.05) is 18.2 Å². The van der Waals surface area contributed by atoms with Crippen LogP contribution in [-0.4, -0.2) is 61.0 Å². The molecule has 2 rings (SSSR count). The Balaban J connectivity index is 1.75. The lowest BCUT2D eigenvalue weighted by atomic mass is 10.2. The summed E-state index contributed by atoms with van der Waals surface area (Å²) in [5, 5.41) is 2.33. The summed E-state index contributed by atoms with van der Waals surface area (Å²) in [6.45, 7) is 7.45. The standard InChI is InChI=1S/C18H25N3O4/c1-18(2,3)25-17(24)16(23)19-13-15(22)21-11-9-20(10-12-21)14-7-5-4-6-8-14/h4-8H,9-13H2,1-3H3,(H,19,23). The second-order valence-electron chi connectivity index (χ2n) is 6.89. The largest absolute Gasteiger partial charge is 0.453 e. The summed E-state index contributed by atoms with van der Waals surface area (Å²) in [4.78, 5) is 39.4. The van der Waals surface area contributed by atoms with Gasteiger partial charge in [0.1, 0.15) is 5.60 Å². The van der Waals surface area contributed by atoms with Crippen molar-refractivity contribution in [1.29, 1.82) is 0 Å². The van der Waals surface area contributed by atoms with E-state index in [4.69, 9.17) is 4.74 Å². The molecule has 25 heavy (non-hydrogen) atoms. The normalized spacial score (nSPS) is 14.8. The molecule has 1 fully saturated rings. The minimum atomic E-state index is -0.978. The van der Waals surface area contributed by atoms with Crippen LogP contribution in [0.1, 0.15) is 20.8 Å². The molecule has 0 radical (unpaired) electrons. The van der Waals surface area contributed by atoms with Crippen LogP contribution in [0, 0.1) is 0 Å². The molecular weight excluding hydrogens is 322 g/mol. The Morgan fingerprint density at radius 3 is 2.20 bits per heavy atom. The molecule has 1 heterocycles. The fraction of sp³-hybridized carbons (Fsp3) is 0.500. The number of benzene rings is 1. The van der Waals surface area contributed by atoms with E-state index < -0.39 is 17.5 Å². The Morgan fingerprint density at radius 2 is 1.64 bits per heavy atom. The number of hydrogen-bond donors (Lipinski definition) is 1. The van der Waals surface area contributed by atoms with Crippen molar-refractivity contribution >= 4 is 23.5 Å². The van der Waals surface area contributed by atoms with Crippen LogP contribution < -0.4 is 10.2 Å². The molecular formula is C18H25N3O4. The molecule has 2 amide bonds. The second-order valence-corrected chi connectivity index (χ2v) is 6.89. The summed E-state index contributed by atoms with van der Waals surface area (Å²) >= 11 is 0. The first-order valence-electron chi connectivity index (χ1n) is 8.35. The minimum Gasteiger partial charge on any atom is -0.453 e. The predicted octanol–water partition coefficient (Wildman–Crippen LogP) is 0.793. The summed E-state index contributed by atoms with van der Waals surface area (Å²) in [5.74, 6) is -2.08. The highest BCUT2D eigenvalue weighted by atomic mass is 16.6. The van der Waals surface area contributed by atoms with Gasteiger partial charge in [0, 0.05) is 31.9 Å². The highest BCUT2D eigenvalue weighted by Crippen LogP contribution is 2.15. The third-order valence-electron chi connectivity index (χ3n) is 3.74. The monoisotopic (exact) mass is 347 g/mol. The van der Waals surface area contributed by atoms with Crippen molar-refractivity contribution in [3.05, 3.63) is 30.3 Å². The van der Waals surface area contributed by atoms with Crippen LogP contribution in [0.2, 0.25) is 0 Å². The molecule has 0 unspecified atom stereocenters. The van der Waals surface area contributed by atoms with E-state index in [1.807, 2.05) is 30.3 Å². The number of nitrogens with zero attached hydrogens (tertiary/aromatic N) is 2. The predicted molar refractivity (Wildman–Crippen MR) is 94.1 cm³/mol. The quantitative estimate of drug-likeness (QED) is 0.646. The molecule has 7 heteroatoms. The molecule has 1 aromatic rings. The lowest BCUT2D eigenvalue weighted by Crippen LogP contribution is -2.51. The fourth-order valence-corrected chi connectivity index (χ4v) is 2.52. The number of carbonyl (C=O) groups is 3. The summed E-state index contributed by atoms with van der Waals surface area (Å²) in [7, 11) is 0. The van der Waals surface area contributed by atoms with Gasteiger partial charge >= 0.3 is 11.9 Å². The third kappa shape index (κ3) is 5.77. The molecule has 1 aliphatic rings. The SMILES string of the molecule is CC(C)(C)OC(=O)C(=O)NCC(=O)N1CCN(c2ccccc2)CC1. The van der Waals surface area contributed by atoms with Gasteiger partial charge in [0.15, 0.2) is 0 Å². The van der Waals surface area contributed by atoms with Crippen LogP contribution >= 0.6 is 0 Å². The van der Waals surface area contributed by atoms with E-state index in [1.54, 1.807) is 25.7 Å². The number of rotatable bonds is 3. The van der Waals surface area contributed by atoms with Gasteiger partial charge in [-0.25, -0.2) is 4.79 Å². The first-order valence-corrected chi connectivity index (χ1v) is 8.35. The minimum absolute atomic E-state index is 0.204. The van der Waals surface area contributed by atoms with Crippen molar-refractivity contribution in [2.24, 2.45) is 0 Å². The summed E-state index contributed by atoms with van der Waals surface area (Å²) in [6.07, 6.45) is 0. The Bertz CT molecular complexity index is 617. The highest BCUT2D eigenvalue weighted by molar-refractivity contribution is 6.32.